The molecule has 1 unspecified atom stereocenters. The average molecular weight is 354 g/mol. The second kappa shape index (κ2) is 5.99. The van der Waals surface area contributed by atoms with Crippen LogP contribution < -0.4 is 4.90 Å². The summed E-state index contributed by atoms with van der Waals surface area (Å²) >= 11 is 3.63. The quantitative estimate of drug-likeness (QED) is 0.692. The van der Waals surface area contributed by atoms with Gasteiger partial charge in [-0.05, 0) is 80.1 Å². The number of halogens is 1. The van der Waals surface area contributed by atoms with Crippen LogP contribution >= 0.6 is 15.9 Å². The highest BCUT2D eigenvalue weighted by Crippen LogP contribution is 2.39. The van der Waals surface area contributed by atoms with Crippen LogP contribution in [0, 0.1) is 6.92 Å². The molecule has 0 saturated carbocycles. The van der Waals surface area contributed by atoms with E-state index in [1.807, 2.05) is 25.7 Å². The van der Waals surface area contributed by atoms with Gasteiger partial charge in [0.25, 0.3) is 0 Å². The van der Waals surface area contributed by atoms with E-state index in [2.05, 4.69) is 41.9 Å². The predicted molar refractivity (Wildman–Crippen MR) is 90.0 cm³/mol. The molecule has 0 N–H and O–H groups in total. The number of hydrogen-bond donors (Lipinski definition) is 0. The zero-order chi connectivity index (χ0) is 15.8. The van der Waals surface area contributed by atoms with Crippen molar-refractivity contribution in [3.8, 4) is 0 Å². The van der Waals surface area contributed by atoms with E-state index in [4.69, 9.17) is 4.74 Å². The molecule has 1 aliphatic rings. The van der Waals surface area contributed by atoms with E-state index in [1.54, 1.807) is 0 Å². The number of anilines is 1. The van der Waals surface area contributed by atoms with Gasteiger partial charge in [-0.3, -0.25) is 4.90 Å². The van der Waals surface area contributed by atoms with Crippen LogP contribution in [0.1, 0.15) is 51.7 Å². The van der Waals surface area contributed by atoms with Crippen molar-refractivity contribution in [2.75, 3.05) is 4.90 Å². The second-order valence-corrected chi connectivity index (χ2v) is 7.56. The molecule has 0 saturated heterocycles. The molecule has 1 aromatic carbocycles. The standard InChI is InChI=1S/C17H24BrNO2/c1-6-13-8-7-12-9-11(2)10-14(18)15(12)19(13)16(20)21-17(3,4)5/h9-10,13H,6-8H2,1-5H3. The minimum Gasteiger partial charge on any atom is -0.443 e. The molecule has 1 aliphatic heterocycles. The fraction of sp³-hybridized carbons (Fsp3) is 0.588. The Kier molecular flexibility index (Phi) is 4.66. The number of hydrogen-bond acceptors (Lipinski definition) is 2. The van der Waals surface area contributed by atoms with Crippen molar-refractivity contribution in [2.24, 2.45) is 0 Å². The van der Waals surface area contributed by atoms with Crippen molar-refractivity contribution in [1.82, 2.24) is 0 Å². The van der Waals surface area contributed by atoms with Gasteiger partial charge in [-0.2, -0.15) is 0 Å². The van der Waals surface area contributed by atoms with Crippen LogP contribution in [0.2, 0.25) is 0 Å². The van der Waals surface area contributed by atoms with Gasteiger partial charge in [-0.15, -0.1) is 0 Å². The first kappa shape index (κ1) is 16.3. The number of amides is 1. The van der Waals surface area contributed by atoms with Crippen LogP contribution in [0.4, 0.5) is 10.5 Å². The van der Waals surface area contributed by atoms with Gasteiger partial charge in [-0.1, -0.05) is 13.0 Å². The average Bonchev–Trinajstić information content (AvgIpc) is 2.35. The van der Waals surface area contributed by atoms with Crippen LogP contribution in [0.5, 0.6) is 0 Å². The molecule has 0 bridgehead atoms. The minimum absolute atomic E-state index is 0.200. The van der Waals surface area contributed by atoms with Crippen molar-refractivity contribution in [2.45, 2.75) is 65.5 Å². The van der Waals surface area contributed by atoms with E-state index in [1.165, 1.54) is 11.1 Å². The maximum absolute atomic E-state index is 12.7. The lowest BCUT2D eigenvalue weighted by Gasteiger charge is -2.38. The normalized spacial score (nSPS) is 18.4. The Labute approximate surface area is 135 Å². The minimum atomic E-state index is -0.482. The third-order valence-corrected chi connectivity index (χ3v) is 4.31. The Balaban J connectivity index is 2.45. The molecule has 116 valence electrons. The molecule has 1 atom stereocenters. The molecule has 0 aliphatic carbocycles. The van der Waals surface area contributed by atoms with Crippen LogP contribution in [-0.4, -0.2) is 17.7 Å². The van der Waals surface area contributed by atoms with E-state index >= 15 is 0 Å². The van der Waals surface area contributed by atoms with Crippen LogP contribution in [0.3, 0.4) is 0 Å². The van der Waals surface area contributed by atoms with Crippen molar-refractivity contribution in [3.63, 3.8) is 0 Å². The lowest BCUT2D eigenvalue weighted by atomic mass is 9.93. The topological polar surface area (TPSA) is 29.5 Å². The molecule has 3 nitrogen and oxygen atoms in total. The highest BCUT2D eigenvalue weighted by atomic mass is 79.9. The van der Waals surface area contributed by atoms with E-state index in [-0.39, 0.29) is 12.1 Å². The number of benzene rings is 1. The smallest absolute Gasteiger partial charge is 0.415 e. The SMILES string of the molecule is CCC1CCc2cc(C)cc(Br)c2N1C(=O)OC(C)(C)C. The summed E-state index contributed by atoms with van der Waals surface area (Å²) in [7, 11) is 0. The van der Waals surface area contributed by atoms with Crippen molar-refractivity contribution in [1.29, 1.82) is 0 Å². The Morgan fingerprint density at radius 3 is 2.67 bits per heavy atom. The summed E-state index contributed by atoms with van der Waals surface area (Å²) in [5.74, 6) is 0. The molecular formula is C17H24BrNO2. The summed E-state index contributed by atoms with van der Waals surface area (Å²) in [5, 5.41) is 0. The Hall–Kier alpha value is -1.03. The maximum Gasteiger partial charge on any atom is 0.415 e. The predicted octanol–water partition coefficient (Wildman–Crippen LogP) is 5.22. The summed E-state index contributed by atoms with van der Waals surface area (Å²) in [5.41, 5.74) is 2.93. The van der Waals surface area contributed by atoms with Crippen molar-refractivity contribution >= 4 is 27.7 Å². The fourth-order valence-electron chi connectivity index (χ4n) is 2.84. The van der Waals surface area contributed by atoms with Gasteiger partial charge >= 0.3 is 6.09 Å². The number of fused-ring (bicyclic) bond motifs is 1. The first-order chi connectivity index (χ1) is 9.73. The van der Waals surface area contributed by atoms with Crippen LogP contribution in [-0.2, 0) is 11.2 Å². The molecule has 1 aromatic rings. The number of carbonyl (C=O) groups is 1. The first-order valence-corrected chi connectivity index (χ1v) is 8.33. The van der Waals surface area contributed by atoms with E-state index in [0.717, 1.165) is 29.4 Å². The lowest BCUT2D eigenvalue weighted by molar-refractivity contribution is 0.0559. The molecular weight excluding hydrogens is 330 g/mol. The third kappa shape index (κ3) is 3.60. The zero-order valence-corrected chi connectivity index (χ0v) is 15.1. The molecule has 1 heterocycles. The molecule has 21 heavy (non-hydrogen) atoms. The Bertz CT molecular complexity index is 548. The highest BCUT2D eigenvalue weighted by Gasteiger charge is 2.34. The van der Waals surface area contributed by atoms with Gasteiger partial charge in [0.1, 0.15) is 5.60 Å². The molecule has 4 heteroatoms. The Morgan fingerprint density at radius 1 is 1.43 bits per heavy atom. The lowest BCUT2D eigenvalue weighted by Crippen LogP contribution is -2.46. The van der Waals surface area contributed by atoms with Gasteiger partial charge in [0, 0.05) is 10.5 Å². The van der Waals surface area contributed by atoms with Crippen LogP contribution in [0.15, 0.2) is 16.6 Å². The number of ether oxygens (including phenoxy) is 1. The highest BCUT2D eigenvalue weighted by molar-refractivity contribution is 9.10. The zero-order valence-electron chi connectivity index (χ0n) is 13.5. The summed E-state index contributed by atoms with van der Waals surface area (Å²) in [6.45, 7) is 9.91. The first-order valence-electron chi connectivity index (χ1n) is 7.54. The van der Waals surface area contributed by atoms with Crippen LogP contribution in [0.25, 0.3) is 0 Å². The summed E-state index contributed by atoms with van der Waals surface area (Å²) in [4.78, 5) is 14.5. The number of aryl methyl sites for hydroxylation is 2. The fourth-order valence-corrected chi connectivity index (χ4v) is 3.65. The summed E-state index contributed by atoms with van der Waals surface area (Å²) < 4.78 is 6.59. The van der Waals surface area contributed by atoms with Gasteiger partial charge < -0.3 is 4.74 Å². The van der Waals surface area contributed by atoms with Gasteiger partial charge in [0.15, 0.2) is 0 Å². The second-order valence-electron chi connectivity index (χ2n) is 6.71. The summed E-state index contributed by atoms with van der Waals surface area (Å²) in [6, 6.07) is 4.43. The number of rotatable bonds is 1. The molecule has 2 rings (SSSR count). The van der Waals surface area contributed by atoms with Gasteiger partial charge in [0.2, 0.25) is 0 Å². The number of nitrogens with zero attached hydrogens (tertiary/aromatic N) is 1. The van der Waals surface area contributed by atoms with Gasteiger partial charge in [-0.25, -0.2) is 4.79 Å². The van der Waals surface area contributed by atoms with E-state index in [9.17, 15) is 4.79 Å². The van der Waals surface area contributed by atoms with Gasteiger partial charge in [0.05, 0.1) is 5.69 Å². The molecule has 0 aromatic heterocycles. The Morgan fingerprint density at radius 2 is 2.10 bits per heavy atom. The summed E-state index contributed by atoms with van der Waals surface area (Å²) in [6.07, 6.45) is 2.67. The van der Waals surface area contributed by atoms with E-state index in [0.29, 0.717) is 0 Å². The largest absolute Gasteiger partial charge is 0.443 e. The van der Waals surface area contributed by atoms with Crippen molar-refractivity contribution in [3.05, 3.63) is 27.7 Å². The molecule has 1 amide bonds. The van der Waals surface area contributed by atoms with E-state index < -0.39 is 5.60 Å². The molecule has 0 spiro atoms. The maximum atomic E-state index is 12.7. The van der Waals surface area contributed by atoms with Crippen molar-refractivity contribution < 1.29 is 9.53 Å². The monoisotopic (exact) mass is 353 g/mol. The third-order valence-electron chi connectivity index (χ3n) is 3.70. The number of carbonyl (C=O) groups excluding carboxylic acids is 1. The molecule has 0 radical (unpaired) electrons. The molecule has 0 fully saturated rings.